The molecule has 0 aromatic heterocycles. The fourth-order valence-corrected chi connectivity index (χ4v) is 2.85. The van der Waals surface area contributed by atoms with E-state index in [1.165, 1.54) is 0 Å². The number of benzene rings is 3. The van der Waals surface area contributed by atoms with Crippen LogP contribution in [0.25, 0.3) is 0 Å². The molecule has 0 bridgehead atoms. The van der Waals surface area contributed by atoms with Crippen LogP contribution in [0.1, 0.15) is 0 Å². The van der Waals surface area contributed by atoms with Gasteiger partial charge in [0.15, 0.2) is 0 Å². The van der Waals surface area contributed by atoms with E-state index in [2.05, 4.69) is 10.6 Å². The van der Waals surface area contributed by atoms with E-state index in [1.807, 2.05) is 30.3 Å². The predicted octanol–water partition coefficient (Wildman–Crippen LogP) is 4.00. The Morgan fingerprint density at radius 1 is 0.710 bits per heavy atom. The molecule has 31 heavy (non-hydrogen) atoms. The molecule has 3 aromatic rings. The standard InChI is InChI=1S/C24H25N3O4/c1-27(16-23(28)25-18-8-12-20(30-2)13-9-18)17-24(29)26-19-10-14-22(15-11-19)31-21-6-4-3-5-7-21/h3-15H,16-17H2,1-2H3,(H,25,28)(H,26,29). The van der Waals surface area contributed by atoms with Crippen molar-refractivity contribution in [1.82, 2.24) is 4.90 Å². The van der Waals surface area contributed by atoms with Gasteiger partial charge >= 0.3 is 0 Å². The second kappa shape index (κ2) is 10.8. The van der Waals surface area contributed by atoms with Crippen molar-refractivity contribution >= 4 is 23.2 Å². The fourth-order valence-electron chi connectivity index (χ4n) is 2.85. The van der Waals surface area contributed by atoms with E-state index in [9.17, 15) is 9.59 Å². The number of hydrogen-bond acceptors (Lipinski definition) is 5. The van der Waals surface area contributed by atoms with Crippen molar-refractivity contribution in [2.24, 2.45) is 0 Å². The van der Waals surface area contributed by atoms with Crippen LogP contribution in [0.5, 0.6) is 17.2 Å². The molecule has 0 heterocycles. The molecule has 0 unspecified atom stereocenters. The Hall–Kier alpha value is -3.84. The van der Waals surface area contributed by atoms with Crippen LogP contribution in [-0.4, -0.2) is 44.0 Å². The Morgan fingerprint density at radius 3 is 1.65 bits per heavy atom. The zero-order chi connectivity index (χ0) is 22.1. The topological polar surface area (TPSA) is 79.9 Å². The van der Waals surface area contributed by atoms with E-state index >= 15 is 0 Å². The first-order valence-corrected chi connectivity index (χ1v) is 9.77. The molecule has 3 aromatic carbocycles. The molecule has 0 saturated carbocycles. The molecule has 0 radical (unpaired) electrons. The Morgan fingerprint density at radius 2 is 1.16 bits per heavy atom. The van der Waals surface area contributed by atoms with Gasteiger partial charge in [-0.2, -0.15) is 0 Å². The van der Waals surface area contributed by atoms with Crippen molar-refractivity contribution in [3.63, 3.8) is 0 Å². The Bertz CT molecular complexity index is 990. The molecular formula is C24H25N3O4. The number of likely N-dealkylation sites (N-methyl/N-ethyl adjacent to an activating group) is 1. The fraction of sp³-hybridized carbons (Fsp3) is 0.167. The van der Waals surface area contributed by atoms with E-state index in [0.29, 0.717) is 22.9 Å². The highest BCUT2D eigenvalue weighted by atomic mass is 16.5. The van der Waals surface area contributed by atoms with Crippen molar-refractivity contribution in [3.8, 4) is 17.2 Å². The van der Waals surface area contributed by atoms with Crippen molar-refractivity contribution in [2.75, 3.05) is 37.9 Å². The van der Waals surface area contributed by atoms with Gasteiger partial charge < -0.3 is 20.1 Å². The lowest BCUT2D eigenvalue weighted by atomic mass is 10.3. The van der Waals surface area contributed by atoms with Crippen LogP contribution in [0.4, 0.5) is 11.4 Å². The van der Waals surface area contributed by atoms with Crippen molar-refractivity contribution in [2.45, 2.75) is 0 Å². The Balaban J connectivity index is 1.43. The summed E-state index contributed by atoms with van der Waals surface area (Å²) in [4.78, 5) is 26.1. The lowest BCUT2D eigenvalue weighted by molar-refractivity contribution is -0.119. The van der Waals surface area contributed by atoms with Gasteiger partial charge in [0.1, 0.15) is 17.2 Å². The first kappa shape index (κ1) is 21.9. The number of hydrogen-bond donors (Lipinski definition) is 2. The van der Waals surface area contributed by atoms with Crippen LogP contribution in [0, 0.1) is 0 Å². The first-order chi connectivity index (χ1) is 15.0. The number of amides is 2. The molecule has 0 atom stereocenters. The summed E-state index contributed by atoms with van der Waals surface area (Å²) in [5.41, 5.74) is 1.32. The molecule has 2 N–H and O–H groups in total. The third-order valence-corrected chi connectivity index (χ3v) is 4.32. The Labute approximate surface area is 181 Å². The monoisotopic (exact) mass is 419 g/mol. The number of methoxy groups -OCH3 is 1. The zero-order valence-electron chi connectivity index (χ0n) is 17.5. The number of rotatable bonds is 9. The van der Waals surface area contributed by atoms with Gasteiger partial charge in [0, 0.05) is 11.4 Å². The second-order valence-corrected chi connectivity index (χ2v) is 6.94. The van der Waals surface area contributed by atoms with Crippen LogP contribution >= 0.6 is 0 Å². The number of ether oxygens (including phenoxy) is 2. The van der Waals surface area contributed by atoms with Gasteiger partial charge in [-0.1, -0.05) is 18.2 Å². The average Bonchev–Trinajstić information content (AvgIpc) is 2.76. The van der Waals surface area contributed by atoms with E-state index in [4.69, 9.17) is 9.47 Å². The summed E-state index contributed by atoms with van der Waals surface area (Å²) in [7, 11) is 3.30. The molecule has 0 aliphatic rings. The average molecular weight is 419 g/mol. The van der Waals surface area contributed by atoms with Gasteiger partial charge in [-0.05, 0) is 67.7 Å². The highest BCUT2D eigenvalue weighted by Crippen LogP contribution is 2.22. The minimum atomic E-state index is -0.212. The molecular weight excluding hydrogens is 394 g/mol. The Kier molecular flexibility index (Phi) is 7.61. The van der Waals surface area contributed by atoms with E-state index in [-0.39, 0.29) is 24.9 Å². The molecule has 0 saturated heterocycles. The number of carbonyl (C=O) groups is 2. The van der Waals surface area contributed by atoms with Crippen LogP contribution in [-0.2, 0) is 9.59 Å². The third-order valence-electron chi connectivity index (χ3n) is 4.32. The summed E-state index contributed by atoms with van der Waals surface area (Å²) < 4.78 is 10.8. The largest absolute Gasteiger partial charge is 0.497 e. The minimum absolute atomic E-state index is 0.0816. The number of carbonyl (C=O) groups excluding carboxylic acids is 2. The van der Waals surface area contributed by atoms with Crippen LogP contribution in [0.3, 0.4) is 0 Å². The van der Waals surface area contributed by atoms with Crippen molar-refractivity contribution in [1.29, 1.82) is 0 Å². The van der Waals surface area contributed by atoms with Crippen LogP contribution < -0.4 is 20.1 Å². The molecule has 0 fully saturated rings. The predicted molar refractivity (Wildman–Crippen MR) is 121 cm³/mol. The molecule has 0 aliphatic heterocycles. The summed E-state index contributed by atoms with van der Waals surface area (Å²) in [6, 6.07) is 23.6. The smallest absolute Gasteiger partial charge is 0.238 e. The highest BCUT2D eigenvalue weighted by Gasteiger charge is 2.11. The number of nitrogens with one attached hydrogen (secondary N) is 2. The maximum absolute atomic E-state index is 12.3. The normalized spacial score (nSPS) is 10.4. The summed E-state index contributed by atoms with van der Waals surface area (Å²) in [6.45, 7) is 0.168. The van der Waals surface area contributed by atoms with Crippen molar-refractivity contribution < 1.29 is 19.1 Å². The molecule has 3 rings (SSSR count). The summed E-state index contributed by atoms with van der Waals surface area (Å²) >= 11 is 0. The van der Waals surface area contributed by atoms with Gasteiger partial charge in [0.05, 0.1) is 20.2 Å². The van der Waals surface area contributed by atoms with Crippen LogP contribution in [0.2, 0.25) is 0 Å². The SMILES string of the molecule is COc1ccc(NC(=O)CN(C)CC(=O)Nc2ccc(Oc3ccccc3)cc2)cc1. The van der Waals surface area contributed by atoms with Gasteiger partial charge in [0.25, 0.3) is 0 Å². The van der Waals surface area contributed by atoms with E-state index in [0.717, 1.165) is 5.75 Å². The molecule has 0 spiro atoms. The van der Waals surface area contributed by atoms with Gasteiger partial charge in [0.2, 0.25) is 11.8 Å². The van der Waals surface area contributed by atoms with Gasteiger partial charge in [-0.3, -0.25) is 14.5 Å². The summed E-state index contributed by atoms with van der Waals surface area (Å²) in [5.74, 6) is 1.72. The second-order valence-electron chi connectivity index (χ2n) is 6.94. The quantitative estimate of drug-likeness (QED) is 0.548. The van der Waals surface area contributed by atoms with E-state index < -0.39 is 0 Å². The third kappa shape index (κ3) is 7.17. The van der Waals surface area contributed by atoms with Crippen molar-refractivity contribution in [3.05, 3.63) is 78.9 Å². The van der Waals surface area contributed by atoms with Crippen LogP contribution in [0.15, 0.2) is 78.9 Å². The highest BCUT2D eigenvalue weighted by molar-refractivity contribution is 5.94. The summed E-state index contributed by atoms with van der Waals surface area (Å²) in [5, 5.41) is 5.61. The van der Waals surface area contributed by atoms with Gasteiger partial charge in [-0.25, -0.2) is 0 Å². The lowest BCUT2D eigenvalue weighted by Crippen LogP contribution is -2.36. The van der Waals surface area contributed by atoms with Gasteiger partial charge in [-0.15, -0.1) is 0 Å². The maximum Gasteiger partial charge on any atom is 0.238 e. The van der Waals surface area contributed by atoms with E-state index in [1.54, 1.807) is 67.6 Å². The zero-order valence-corrected chi connectivity index (χ0v) is 17.5. The molecule has 160 valence electrons. The minimum Gasteiger partial charge on any atom is -0.497 e. The molecule has 0 aliphatic carbocycles. The molecule has 7 heteroatoms. The number of anilines is 2. The number of para-hydroxylation sites is 1. The molecule has 7 nitrogen and oxygen atoms in total. The lowest BCUT2D eigenvalue weighted by Gasteiger charge is -2.16. The number of nitrogens with zero attached hydrogens (tertiary/aromatic N) is 1. The maximum atomic E-state index is 12.3. The first-order valence-electron chi connectivity index (χ1n) is 9.77. The molecule has 2 amide bonds. The summed E-state index contributed by atoms with van der Waals surface area (Å²) in [6.07, 6.45) is 0.